The first-order chi connectivity index (χ1) is 9.63. The summed E-state index contributed by atoms with van der Waals surface area (Å²) in [5.41, 5.74) is -0.163. The molecule has 1 fully saturated rings. The fourth-order valence-electron chi connectivity index (χ4n) is 2.27. The zero-order valence-corrected chi connectivity index (χ0v) is 12.9. The Morgan fingerprint density at radius 2 is 2.19 bits per heavy atom. The number of rotatable bonds is 5. The van der Waals surface area contributed by atoms with Gasteiger partial charge in [0.25, 0.3) is 0 Å². The van der Waals surface area contributed by atoms with Gasteiger partial charge in [-0.25, -0.2) is 26.4 Å². The molecule has 1 atom stereocenters. The Labute approximate surface area is 122 Å². The van der Waals surface area contributed by atoms with Gasteiger partial charge in [0.05, 0.1) is 11.0 Å². The van der Waals surface area contributed by atoms with Crippen LogP contribution in [-0.2, 0) is 26.9 Å². The number of carbonyl (C=O) groups is 1. The lowest BCUT2D eigenvalue weighted by molar-refractivity contribution is 0.0686. The minimum absolute atomic E-state index is 0.0773. The Morgan fingerprint density at radius 3 is 2.67 bits per heavy atom. The molecule has 10 heteroatoms. The molecule has 1 unspecified atom stereocenters. The lowest BCUT2D eigenvalue weighted by Gasteiger charge is -2.10. The number of hydrogen-bond acceptors (Lipinski definition) is 5. The van der Waals surface area contributed by atoms with Crippen LogP contribution in [0.2, 0.25) is 0 Å². The van der Waals surface area contributed by atoms with E-state index in [-0.39, 0.29) is 22.9 Å². The van der Waals surface area contributed by atoms with Gasteiger partial charge in [-0.15, -0.1) is 0 Å². The van der Waals surface area contributed by atoms with Gasteiger partial charge in [-0.2, -0.15) is 0 Å². The first-order valence-electron chi connectivity index (χ1n) is 6.24. The van der Waals surface area contributed by atoms with E-state index in [9.17, 15) is 21.6 Å². The predicted molar refractivity (Wildman–Crippen MR) is 74.4 cm³/mol. The van der Waals surface area contributed by atoms with Gasteiger partial charge in [-0.1, -0.05) is 0 Å². The molecule has 0 saturated carbocycles. The van der Waals surface area contributed by atoms with E-state index in [1.54, 1.807) is 0 Å². The first-order valence-corrected chi connectivity index (χ1v) is 9.44. The molecule has 0 bridgehead atoms. The fourth-order valence-corrected chi connectivity index (χ4v) is 5.29. The number of hydrogen-bond donors (Lipinski definition) is 2. The second-order valence-corrected chi connectivity index (χ2v) is 9.13. The minimum atomic E-state index is -3.93. The highest BCUT2D eigenvalue weighted by molar-refractivity contribution is 7.92. The van der Waals surface area contributed by atoms with E-state index in [2.05, 4.69) is 4.72 Å². The Hall–Kier alpha value is -1.39. The third kappa shape index (κ3) is 3.27. The predicted octanol–water partition coefficient (Wildman–Crippen LogP) is -0.421. The molecule has 1 aromatic rings. The van der Waals surface area contributed by atoms with Crippen molar-refractivity contribution >= 4 is 25.8 Å². The summed E-state index contributed by atoms with van der Waals surface area (Å²) in [5.74, 6) is -1.16. The van der Waals surface area contributed by atoms with Crippen molar-refractivity contribution in [3.63, 3.8) is 0 Å². The minimum Gasteiger partial charge on any atom is -0.477 e. The zero-order valence-electron chi connectivity index (χ0n) is 11.3. The third-order valence-corrected chi connectivity index (χ3v) is 7.14. The summed E-state index contributed by atoms with van der Waals surface area (Å²) < 4.78 is 50.9. The van der Waals surface area contributed by atoms with Gasteiger partial charge < -0.3 is 9.67 Å². The highest BCUT2D eigenvalue weighted by Crippen LogP contribution is 2.20. The molecular formula is C11H16N2O6S2. The van der Waals surface area contributed by atoms with Crippen LogP contribution in [0.25, 0.3) is 0 Å². The van der Waals surface area contributed by atoms with Crippen LogP contribution in [0.3, 0.4) is 0 Å². The molecule has 8 nitrogen and oxygen atoms in total. The SMILES string of the molecule is Cn1cc(S(=O)(=O)NCC2CCCS2(=O)=O)cc1C(=O)O. The Balaban J connectivity index is 2.16. The number of sulfone groups is 1. The number of carboxylic acid groups (broad SMARTS) is 1. The van der Waals surface area contributed by atoms with Crippen LogP contribution in [0.1, 0.15) is 23.3 Å². The van der Waals surface area contributed by atoms with Crippen LogP contribution in [0, 0.1) is 0 Å². The molecule has 0 aromatic carbocycles. The van der Waals surface area contributed by atoms with Gasteiger partial charge in [0.15, 0.2) is 9.84 Å². The van der Waals surface area contributed by atoms with Gasteiger partial charge in [0, 0.05) is 19.8 Å². The molecule has 0 aliphatic carbocycles. The second kappa shape index (κ2) is 5.43. The summed E-state index contributed by atoms with van der Waals surface area (Å²) in [6, 6.07) is 1.04. The standard InChI is InChI=1S/C11H16N2O6S2/c1-13-7-9(5-10(13)11(14)15)21(18,19)12-6-8-3-2-4-20(8,16)17/h5,7-8,12H,2-4,6H2,1H3,(H,14,15). The van der Waals surface area contributed by atoms with Crippen LogP contribution in [-0.4, -0.2) is 50.0 Å². The molecule has 0 radical (unpaired) electrons. The number of nitrogens with one attached hydrogen (secondary N) is 1. The van der Waals surface area contributed by atoms with Crippen molar-refractivity contribution in [1.82, 2.24) is 9.29 Å². The Bertz CT molecular complexity index is 763. The number of aromatic nitrogens is 1. The summed E-state index contributed by atoms with van der Waals surface area (Å²) >= 11 is 0. The van der Waals surface area contributed by atoms with E-state index in [0.717, 1.165) is 6.07 Å². The lowest BCUT2D eigenvalue weighted by Crippen LogP contribution is -2.34. The van der Waals surface area contributed by atoms with Gasteiger partial charge in [-0.3, -0.25) is 0 Å². The van der Waals surface area contributed by atoms with E-state index in [1.807, 2.05) is 0 Å². The fraction of sp³-hybridized carbons (Fsp3) is 0.545. The molecular weight excluding hydrogens is 320 g/mol. The van der Waals surface area contributed by atoms with Crippen LogP contribution in [0.15, 0.2) is 17.2 Å². The molecule has 1 aliphatic heterocycles. The van der Waals surface area contributed by atoms with Crippen molar-refractivity contribution in [1.29, 1.82) is 0 Å². The van der Waals surface area contributed by atoms with Crippen molar-refractivity contribution in [2.75, 3.05) is 12.3 Å². The molecule has 21 heavy (non-hydrogen) atoms. The molecule has 2 rings (SSSR count). The highest BCUT2D eigenvalue weighted by atomic mass is 32.2. The molecule has 1 aromatic heterocycles. The second-order valence-electron chi connectivity index (χ2n) is 4.96. The average Bonchev–Trinajstić information content (AvgIpc) is 2.90. The summed E-state index contributed by atoms with van der Waals surface area (Å²) in [5, 5.41) is 8.19. The molecule has 118 valence electrons. The maximum atomic E-state index is 12.1. The zero-order chi connectivity index (χ0) is 15.8. The lowest BCUT2D eigenvalue weighted by atomic mass is 10.2. The maximum Gasteiger partial charge on any atom is 0.352 e. The van der Waals surface area contributed by atoms with Gasteiger partial charge in [0.1, 0.15) is 10.6 Å². The highest BCUT2D eigenvalue weighted by Gasteiger charge is 2.32. The monoisotopic (exact) mass is 336 g/mol. The van der Waals surface area contributed by atoms with E-state index in [1.165, 1.54) is 17.8 Å². The van der Waals surface area contributed by atoms with Gasteiger partial charge >= 0.3 is 5.97 Å². The van der Waals surface area contributed by atoms with Gasteiger partial charge in [-0.05, 0) is 18.9 Å². The number of aromatic carboxylic acids is 1. The normalized spacial score (nSPS) is 21.5. The molecule has 2 N–H and O–H groups in total. The van der Waals surface area contributed by atoms with E-state index >= 15 is 0 Å². The molecule has 1 aliphatic rings. The summed E-state index contributed by atoms with van der Waals surface area (Å²) in [6.45, 7) is -0.192. The number of nitrogens with zero attached hydrogens (tertiary/aromatic N) is 1. The van der Waals surface area contributed by atoms with Crippen LogP contribution >= 0.6 is 0 Å². The van der Waals surface area contributed by atoms with Crippen LogP contribution in [0.5, 0.6) is 0 Å². The van der Waals surface area contributed by atoms with Crippen molar-refractivity contribution in [2.45, 2.75) is 23.0 Å². The Morgan fingerprint density at radius 1 is 1.52 bits per heavy atom. The summed E-state index contributed by atoms with van der Waals surface area (Å²) in [6.07, 6.45) is 2.14. The summed E-state index contributed by atoms with van der Waals surface area (Å²) in [4.78, 5) is 10.7. The number of carboxylic acids is 1. The maximum absolute atomic E-state index is 12.1. The molecule has 0 spiro atoms. The first kappa shape index (κ1) is 16.0. The number of aryl methyl sites for hydroxylation is 1. The van der Waals surface area contributed by atoms with E-state index in [0.29, 0.717) is 12.8 Å². The topological polar surface area (TPSA) is 123 Å². The molecule has 1 saturated heterocycles. The largest absolute Gasteiger partial charge is 0.477 e. The third-order valence-electron chi connectivity index (χ3n) is 3.47. The van der Waals surface area contributed by atoms with Crippen molar-refractivity contribution in [3.05, 3.63) is 18.0 Å². The van der Waals surface area contributed by atoms with Crippen LogP contribution in [0.4, 0.5) is 0 Å². The number of sulfonamides is 1. The van der Waals surface area contributed by atoms with E-state index < -0.39 is 31.1 Å². The summed E-state index contributed by atoms with van der Waals surface area (Å²) in [7, 11) is -5.75. The molecule has 2 heterocycles. The van der Waals surface area contributed by atoms with Crippen molar-refractivity contribution in [2.24, 2.45) is 7.05 Å². The van der Waals surface area contributed by atoms with Crippen molar-refractivity contribution in [3.8, 4) is 0 Å². The average molecular weight is 336 g/mol. The van der Waals surface area contributed by atoms with Crippen molar-refractivity contribution < 1.29 is 26.7 Å². The Kier molecular flexibility index (Phi) is 4.13. The van der Waals surface area contributed by atoms with Crippen LogP contribution < -0.4 is 4.72 Å². The van der Waals surface area contributed by atoms with Gasteiger partial charge in [0.2, 0.25) is 10.0 Å². The van der Waals surface area contributed by atoms with E-state index in [4.69, 9.17) is 5.11 Å². The quantitative estimate of drug-likeness (QED) is 0.753. The smallest absolute Gasteiger partial charge is 0.352 e. The molecule has 0 amide bonds.